The van der Waals surface area contributed by atoms with Crippen molar-refractivity contribution in [2.45, 2.75) is 25.8 Å². The van der Waals surface area contributed by atoms with Crippen LogP contribution in [0, 0.1) is 0 Å². The summed E-state index contributed by atoms with van der Waals surface area (Å²) in [7, 11) is 0. The predicted molar refractivity (Wildman–Crippen MR) is 85.2 cm³/mol. The van der Waals surface area contributed by atoms with E-state index < -0.39 is 0 Å². The first-order valence-corrected chi connectivity index (χ1v) is 8.54. The molecule has 2 saturated heterocycles. The molecule has 2 aliphatic rings. The van der Waals surface area contributed by atoms with Gasteiger partial charge in [-0.1, -0.05) is 6.92 Å². The molecule has 0 bridgehead atoms. The van der Waals surface area contributed by atoms with E-state index in [-0.39, 0.29) is 11.9 Å². The zero-order valence-electron chi connectivity index (χ0n) is 13.8. The van der Waals surface area contributed by atoms with Crippen molar-refractivity contribution in [3.05, 3.63) is 23.7 Å². The summed E-state index contributed by atoms with van der Waals surface area (Å²) in [6.07, 6.45) is 1.43. The van der Waals surface area contributed by atoms with Gasteiger partial charge in [0, 0.05) is 39.0 Å². The van der Waals surface area contributed by atoms with Gasteiger partial charge in [-0.2, -0.15) is 0 Å². The minimum absolute atomic E-state index is 0.113. The van der Waals surface area contributed by atoms with Gasteiger partial charge >= 0.3 is 0 Å². The Labute approximate surface area is 137 Å². The Morgan fingerprint density at radius 1 is 1.17 bits per heavy atom. The molecule has 0 aliphatic carbocycles. The molecule has 1 atom stereocenters. The van der Waals surface area contributed by atoms with Gasteiger partial charge in [0.2, 0.25) is 5.91 Å². The molecule has 0 N–H and O–H groups in total. The number of carbonyl (C=O) groups is 1. The number of rotatable bonds is 5. The summed E-state index contributed by atoms with van der Waals surface area (Å²) in [5.74, 6) is 2.16. The molecule has 3 rings (SSSR count). The maximum atomic E-state index is 12.3. The van der Waals surface area contributed by atoms with Gasteiger partial charge in [-0.15, -0.1) is 0 Å². The molecular formula is C17H26N2O4. The summed E-state index contributed by atoms with van der Waals surface area (Å²) >= 11 is 0. The number of nitrogens with zero attached hydrogens (tertiary/aromatic N) is 2. The van der Waals surface area contributed by atoms with Crippen LogP contribution in [0.2, 0.25) is 0 Å². The Kier molecular flexibility index (Phi) is 5.70. The van der Waals surface area contributed by atoms with Crippen molar-refractivity contribution in [3.8, 4) is 0 Å². The Bertz CT molecular complexity index is 510. The van der Waals surface area contributed by atoms with Crippen LogP contribution in [-0.4, -0.2) is 68.3 Å². The lowest BCUT2D eigenvalue weighted by molar-refractivity contribution is -0.136. The van der Waals surface area contributed by atoms with Crippen LogP contribution in [0.25, 0.3) is 0 Å². The van der Waals surface area contributed by atoms with E-state index in [1.807, 2.05) is 17.0 Å². The van der Waals surface area contributed by atoms with Crippen LogP contribution in [0.4, 0.5) is 0 Å². The van der Waals surface area contributed by atoms with E-state index in [0.717, 1.165) is 31.0 Å². The number of hydrogen-bond acceptors (Lipinski definition) is 5. The third-order valence-electron chi connectivity index (χ3n) is 4.58. The van der Waals surface area contributed by atoms with Gasteiger partial charge in [0.05, 0.1) is 32.5 Å². The second-order valence-corrected chi connectivity index (χ2v) is 6.03. The smallest absolute Gasteiger partial charge is 0.224 e. The van der Waals surface area contributed by atoms with Crippen LogP contribution in [0.15, 0.2) is 16.5 Å². The van der Waals surface area contributed by atoms with Crippen molar-refractivity contribution < 1.29 is 18.7 Å². The largest absolute Gasteiger partial charge is 0.464 e. The van der Waals surface area contributed by atoms with Crippen molar-refractivity contribution >= 4 is 5.91 Å². The predicted octanol–water partition coefficient (Wildman–Crippen LogP) is 1.46. The molecule has 0 saturated carbocycles. The Morgan fingerprint density at radius 3 is 2.70 bits per heavy atom. The number of carbonyl (C=O) groups excluding carboxylic acids is 1. The van der Waals surface area contributed by atoms with Crippen molar-refractivity contribution in [2.75, 3.05) is 52.6 Å². The Hall–Kier alpha value is -1.37. The standard InChI is InChI=1S/C17H26N2O4/c1-2-14-3-4-16(23-14)15-13-22-12-7-18(15)6-5-17(20)19-8-10-21-11-9-19/h3-4,15H,2,5-13H2,1H3/t15-/m1/s1. The fraction of sp³-hybridized carbons (Fsp3) is 0.706. The van der Waals surface area contributed by atoms with Crippen molar-refractivity contribution in [3.63, 3.8) is 0 Å². The van der Waals surface area contributed by atoms with Crippen LogP contribution in [0.5, 0.6) is 0 Å². The Morgan fingerprint density at radius 2 is 1.96 bits per heavy atom. The molecule has 6 nitrogen and oxygen atoms in total. The van der Waals surface area contributed by atoms with Crippen molar-refractivity contribution in [1.29, 1.82) is 0 Å². The molecule has 23 heavy (non-hydrogen) atoms. The van der Waals surface area contributed by atoms with Gasteiger partial charge < -0.3 is 18.8 Å². The van der Waals surface area contributed by atoms with E-state index in [1.54, 1.807) is 0 Å². The number of furan rings is 1. The zero-order valence-corrected chi connectivity index (χ0v) is 13.8. The summed E-state index contributed by atoms with van der Waals surface area (Å²) < 4.78 is 16.8. The van der Waals surface area contributed by atoms with E-state index in [0.29, 0.717) is 45.9 Å². The topological polar surface area (TPSA) is 55.2 Å². The van der Waals surface area contributed by atoms with Gasteiger partial charge in [0.25, 0.3) is 0 Å². The molecule has 0 spiro atoms. The number of morpholine rings is 2. The normalized spacial score (nSPS) is 23.2. The molecule has 1 aromatic rings. The SMILES string of the molecule is CCc1ccc([C@H]2COCCN2CCC(=O)N2CCOCC2)o1. The second kappa shape index (κ2) is 7.95. The van der Waals surface area contributed by atoms with Crippen LogP contribution in [0.1, 0.15) is 30.9 Å². The van der Waals surface area contributed by atoms with Gasteiger partial charge in [0.15, 0.2) is 0 Å². The lowest BCUT2D eigenvalue weighted by atomic mass is 10.1. The fourth-order valence-corrected chi connectivity index (χ4v) is 3.14. The summed E-state index contributed by atoms with van der Waals surface area (Å²) in [5.41, 5.74) is 0. The van der Waals surface area contributed by atoms with Crippen LogP contribution in [0.3, 0.4) is 0 Å². The minimum Gasteiger partial charge on any atom is -0.464 e. The number of ether oxygens (including phenoxy) is 2. The number of aryl methyl sites for hydroxylation is 1. The molecule has 2 aliphatic heterocycles. The third kappa shape index (κ3) is 4.13. The van der Waals surface area contributed by atoms with E-state index in [4.69, 9.17) is 13.9 Å². The second-order valence-electron chi connectivity index (χ2n) is 6.03. The van der Waals surface area contributed by atoms with Crippen molar-refractivity contribution in [1.82, 2.24) is 9.80 Å². The molecule has 1 aromatic heterocycles. The van der Waals surface area contributed by atoms with E-state index in [1.165, 1.54) is 0 Å². The summed E-state index contributed by atoms with van der Waals surface area (Å²) in [4.78, 5) is 16.5. The average Bonchev–Trinajstić information content (AvgIpc) is 3.09. The van der Waals surface area contributed by atoms with E-state index in [2.05, 4.69) is 11.8 Å². The highest BCUT2D eigenvalue weighted by atomic mass is 16.5. The van der Waals surface area contributed by atoms with Gasteiger partial charge in [0.1, 0.15) is 11.5 Å². The van der Waals surface area contributed by atoms with E-state index >= 15 is 0 Å². The molecular weight excluding hydrogens is 296 g/mol. The quantitative estimate of drug-likeness (QED) is 0.821. The molecule has 0 unspecified atom stereocenters. The maximum Gasteiger partial charge on any atom is 0.224 e. The van der Waals surface area contributed by atoms with Crippen LogP contribution in [-0.2, 0) is 20.7 Å². The number of hydrogen-bond donors (Lipinski definition) is 0. The first kappa shape index (κ1) is 16.5. The summed E-state index contributed by atoms with van der Waals surface area (Å²) in [6, 6.07) is 4.18. The van der Waals surface area contributed by atoms with Gasteiger partial charge in [-0.3, -0.25) is 9.69 Å². The third-order valence-corrected chi connectivity index (χ3v) is 4.58. The average molecular weight is 322 g/mol. The van der Waals surface area contributed by atoms with Crippen molar-refractivity contribution in [2.24, 2.45) is 0 Å². The number of amides is 1. The lowest BCUT2D eigenvalue weighted by Gasteiger charge is -2.35. The first-order chi connectivity index (χ1) is 11.3. The van der Waals surface area contributed by atoms with E-state index in [9.17, 15) is 4.79 Å². The van der Waals surface area contributed by atoms with Gasteiger partial charge in [-0.05, 0) is 12.1 Å². The van der Waals surface area contributed by atoms with Crippen LogP contribution >= 0.6 is 0 Å². The highest BCUT2D eigenvalue weighted by molar-refractivity contribution is 5.76. The first-order valence-electron chi connectivity index (χ1n) is 8.54. The molecule has 3 heterocycles. The molecule has 0 radical (unpaired) electrons. The lowest BCUT2D eigenvalue weighted by Crippen LogP contribution is -2.44. The molecule has 0 aromatic carbocycles. The maximum absolute atomic E-state index is 12.3. The fourth-order valence-electron chi connectivity index (χ4n) is 3.14. The minimum atomic E-state index is 0.113. The zero-order chi connectivity index (χ0) is 16.1. The molecule has 128 valence electrons. The highest BCUT2D eigenvalue weighted by Gasteiger charge is 2.28. The summed E-state index contributed by atoms with van der Waals surface area (Å²) in [6.45, 7) is 7.73. The molecule has 1 amide bonds. The Balaban J connectivity index is 1.56. The highest BCUT2D eigenvalue weighted by Crippen LogP contribution is 2.26. The van der Waals surface area contributed by atoms with Crippen LogP contribution < -0.4 is 0 Å². The molecule has 6 heteroatoms. The molecule has 2 fully saturated rings. The monoisotopic (exact) mass is 322 g/mol. The summed E-state index contributed by atoms with van der Waals surface area (Å²) in [5, 5.41) is 0. The van der Waals surface area contributed by atoms with Gasteiger partial charge in [-0.25, -0.2) is 0 Å².